The molecule has 1 amide bonds. The summed E-state index contributed by atoms with van der Waals surface area (Å²) in [6, 6.07) is 9.09. The second-order valence-electron chi connectivity index (χ2n) is 9.86. The lowest BCUT2D eigenvalue weighted by atomic mass is 9.81. The third kappa shape index (κ3) is 7.24. The first-order chi connectivity index (χ1) is 19.3. The molecule has 0 bridgehead atoms. The van der Waals surface area contributed by atoms with E-state index in [1.54, 1.807) is 37.3 Å². The second kappa shape index (κ2) is 11.9. The summed E-state index contributed by atoms with van der Waals surface area (Å²) in [5.41, 5.74) is 0.413. The van der Waals surface area contributed by atoms with Gasteiger partial charge in [0.05, 0.1) is 29.2 Å². The van der Waals surface area contributed by atoms with Gasteiger partial charge in [-0.15, -0.1) is 11.6 Å². The normalized spacial score (nSPS) is 20.2. The maximum atomic E-state index is 13.5. The predicted octanol–water partition coefficient (Wildman–Crippen LogP) is 6.75. The minimum absolute atomic E-state index is 0.204. The number of methoxy groups -OCH3 is 1. The Balaban J connectivity index is 1.69. The molecule has 1 heterocycles. The first-order valence-electron chi connectivity index (χ1n) is 12.7. The van der Waals surface area contributed by atoms with Gasteiger partial charge in [-0.2, -0.15) is 13.2 Å². The van der Waals surface area contributed by atoms with E-state index in [1.165, 1.54) is 7.11 Å². The molecule has 2 aliphatic rings. The van der Waals surface area contributed by atoms with E-state index in [4.69, 9.17) is 16.3 Å². The monoisotopic (exact) mass is 591 g/mol. The molecule has 1 aliphatic carbocycles. The van der Waals surface area contributed by atoms with E-state index in [-0.39, 0.29) is 24.2 Å². The molecular formula is C30H26ClF4NO5. The van der Waals surface area contributed by atoms with Crippen molar-refractivity contribution in [3.8, 4) is 0 Å². The molecule has 1 aliphatic heterocycles. The number of aryl methyl sites for hydroxylation is 1. The van der Waals surface area contributed by atoms with Crippen LogP contribution in [-0.4, -0.2) is 29.8 Å². The van der Waals surface area contributed by atoms with Crippen LogP contribution in [0.2, 0.25) is 0 Å². The molecule has 4 rings (SSSR count). The molecular weight excluding hydrogens is 566 g/mol. The van der Waals surface area contributed by atoms with E-state index in [1.807, 2.05) is 12.1 Å². The summed E-state index contributed by atoms with van der Waals surface area (Å²) in [5, 5.41) is 2.17. The Labute approximate surface area is 238 Å². The zero-order valence-corrected chi connectivity index (χ0v) is 22.9. The van der Waals surface area contributed by atoms with Crippen LogP contribution in [0.4, 0.5) is 23.2 Å². The number of carbonyl (C=O) groups is 3. The van der Waals surface area contributed by atoms with E-state index >= 15 is 0 Å². The topological polar surface area (TPSA) is 81.7 Å². The van der Waals surface area contributed by atoms with Crippen LogP contribution in [0, 0.1) is 11.7 Å². The summed E-state index contributed by atoms with van der Waals surface area (Å²) in [6.07, 6.45) is 0.742. The number of esters is 2. The summed E-state index contributed by atoms with van der Waals surface area (Å²) in [5.74, 6) is -4.10. The van der Waals surface area contributed by atoms with Crippen LogP contribution in [0.5, 0.6) is 0 Å². The summed E-state index contributed by atoms with van der Waals surface area (Å²) >= 11 is 6.43. The number of ether oxygens (including phenoxy) is 2. The van der Waals surface area contributed by atoms with Crippen molar-refractivity contribution in [1.82, 2.24) is 0 Å². The molecule has 41 heavy (non-hydrogen) atoms. The predicted molar refractivity (Wildman–Crippen MR) is 144 cm³/mol. The number of fused-ring (bicyclic) bond motifs is 1. The highest BCUT2D eigenvalue weighted by Gasteiger charge is 2.39. The van der Waals surface area contributed by atoms with E-state index in [2.05, 4.69) is 10.1 Å². The van der Waals surface area contributed by atoms with Gasteiger partial charge in [-0.05, 0) is 60.7 Å². The molecule has 2 aromatic carbocycles. The van der Waals surface area contributed by atoms with Crippen molar-refractivity contribution in [3.63, 3.8) is 0 Å². The number of hydrogen-bond acceptors (Lipinski definition) is 5. The van der Waals surface area contributed by atoms with Crippen molar-refractivity contribution in [2.45, 2.75) is 43.7 Å². The maximum Gasteiger partial charge on any atom is 0.418 e. The van der Waals surface area contributed by atoms with Crippen molar-refractivity contribution in [2.75, 3.05) is 12.4 Å². The second-order valence-corrected chi connectivity index (χ2v) is 10.7. The van der Waals surface area contributed by atoms with Crippen LogP contribution in [0.25, 0.3) is 5.57 Å². The molecule has 0 spiro atoms. The van der Waals surface area contributed by atoms with Gasteiger partial charge in [-0.1, -0.05) is 36.4 Å². The lowest BCUT2D eigenvalue weighted by molar-refractivity contribution is -0.144. The number of allylic oxidation sites excluding steroid dienone is 3. The Morgan fingerprint density at radius 1 is 1.17 bits per heavy atom. The molecule has 0 saturated heterocycles. The summed E-state index contributed by atoms with van der Waals surface area (Å²) < 4.78 is 64.2. The number of carbonyl (C=O) groups excluding carboxylic acids is 3. The maximum absolute atomic E-state index is 13.5. The van der Waals surface area contributed by atoms with Gasteiger partial charge in [0.2, 0.25) is 5.91 Å². The van der Waals surface area contributed by atoms with Crippen LogP contribution in [0.1, 0.15) is 42.9 Å². The summed E-state index contributed by atoms with van der Waals surface area (Å²) in [7, 11) is 1.31. The highest BCUT2D eigenvalue weighted by Crippen LogP contribution is 2.43. The van der Waals surface area contributed by atoms with Gasteiger partial charge < -0.3 is 14.8 Å². The third-order valence-corrected chi connectivity index (χ3v) is 6.89. The standard InChI is InChI=1S/C30H26ClF4NO5/c1-29(31)12-11-20-24(16-29)41-28(39)21(15-25(37)36-23-10-9-19(32)14-22(23)30(33,34)35)27(20)18-7-3-5-17(13-18)6-4-8-26(38)40-2/h3,5,7,9-14,16,21H,4,6,8,15H2,1-2H3,(H,36,37). The number of benzene rings is 2. The zero-order valence-electron chi connectivity index (χ0n) is 22.1. The Morgan fingerprint density at radius 3 is 2.63 bits per heavy atom. The number of nitrogens with one attached hydrogen (secondary N) is 1. The van der Waals surface area contributed by atoms with Crippen LogP contribution in [0.15, 0.2) is 72.0 Å². The van der Waals surface area contributed by atoms with Crippen LogP contribution < -0.4 is 5.32 Å². The van der Waals surface area contributed by atoms with Gasteiger partial charge in [0.25, 0.3) is 0 Å². The smallest absolute Gasteiger partial charge is 0.418 e. The largest absolute Gasteiger partial charge is 0.469 e. The van der Waals surface area contributed by atoms with Crippen molar-refractivity contribution in [2.24, 2.45) is 5.92 Å². The van der Waals surface area contributed by atoms with E-state index in [9.17, 15) is 31.9 Å². The third-order valence-electron chi connectivity index (χ3n) is 6.65. The van der Waals surface area contributed by atoms with Gasteiger partial charge in [-0.25, -0.2) is 4.39 Å². The van der Waals surface area contributed by atoms with Crippen LogP contribution in [-0.2, 0) is 36.5 Å². The molecule has 2 atom stereocenters. The molecule has 0 radical (unpaired) electrons. The highest BCUT2D eigenvalue weighted by atomic mass is 35.5. The Kier molecular flexibility index (Phi) is 8.72. The number of hydrogen-bond donors (Lipinski definition) is 1. The summed E-state index contributed by atoms with van der Waals surface area (Å²) in [6.45, 7) is 1.70. The van der Waals surface area contributed by atoms with Crippen LogP contribution >= 0.6 is 11.6 Å². The Hall–Kier alpha value is -3.92. The Bertz CT molecular complexity index is 1480. The molecule has 216 valence electrons. The molecule has 0 aromatic heterocycles. The minimum atomic E-state index is -4.92. The van der Waals surface area contributed by atoms with Crippen LogP contribution in [0.3, 0.4) is 0 Å². The molecule has 2 unspecified atom stereocenters. The first-order valence-corrected chi connectivity index (χ1v) is 13.0. The van der Waals surface area contributed by atoms with Crippen molar-refractivity contribution < 1.29 is 41.4 Å². The Morgan fingerprint density at radius 2 is 1.93 bits per heavy atom. The number of anilines is 1. The average molecular weight is 592 g/mol. The molecule has 0 saturated carbocycles. The first kappa shape index (κ1) is 30.0. The fraction of sp³-hybridized carbons (Fsp3) is 0.300. The zero-order chi connectivity index (χ0) is 29.9. The van der Waals surface area contributed by atoms with Crippen molar-refractivity contribution >= 4 is 40.7 Å². The SMILES string of the molecule is COC(=O)CCCc1cccc(C2=C3C=CC(C)(Cl)C=C3OC(=O)C2CC(=O)Nc2ccc(F)cc2C(F)(F)F)c1. The molecule has 2 aromatic rings. The quantitative estimate of drug-likeness (QED) is 0.209. The lowest BCUT2D eigenvalue weighted by Gasteiger charge is -2.32. The minimum Gasteiger partial charge on any atom is -0.469 e. The van der Waals surface area contributed by atoms with Crippen molar-refractivity contribution in [3.05, 3.63) is 94.5 Å². The number of halogens is 5. The highest BCUT2D eigenvalue weighted by molar-refractivity contribution is 6.26. The van der Waals surface area contributed by atoms with E-state index in [0.717, 1.165) is 17.7 Å². The lowest BCUT2D eigenvalue weighted by Crippen LogP contribution is -2.31. The number of amides is 1. The fourth-order valence-electron chi connectivity index (χ4n) is 4.72. The van der Waals surface area contributed by atoms with Gasteiger partial charge >= 0.3 is 18.1 Å². The van der Waals surface area contributed by atoms with Gasteiger partial charge in [0, 0.05) is 18.4 Å². The molecule has 11 heteroatoms. The molecule has 1 N–H and O–H groups in total. The average Bonchev–Trinajstić information content (AvgIpc) is 2.89. The fourth-order valence-corrected chi connectivity index (χ4v) is 4.89. The summed E-state index contributed by atoms with van der Waals surface area (Å²) in [4.78, 5) is 36.9. The number of alkyl halides is 4. The van der Waals surface area contributed by atoms with E-state index in [0.29, 0.717) is 29.6 Å². The molecule has 0 fully saturated rings. The van der Waals surface area contributed by atoms with Gasteiger partial charge in [-0.3, -0.25) is 14.4 Å². The van der Waals surface area contributed by atoms with Gasteiger partial charge in [0.1, 0.15) is 11.6 Å². The number of rotatable bonds is 8. The van der Waals surface area contributed by atoms with Crippen molar-refractivity contribution in [1.29, 1.82) is 0 Å². The van der Waals surface area contributed by atoms with E-state index < -0.39 is 52.3 Å². The molecule has 6 nitrogen and oxygen atoms in total. The van der Waals surface area contributed by atoms with Gasteiger partial charge in [0.15, 0.2) is 0 Å².